The molecule has 0 saturated carbocycles. The molecular weight excluding hydrogens is 671 g/mol. The summed E-state index contributed by atoms with van der Waals surface area (Å²) in [5.41, 5.74) is 13.6. The van der Waals surface area contributed by atoms with Gasteiger partial charge in [0.15, 0.2) is 0 Å². The summed E-state index contributed by atoms with van der Waals surface area (Å²) in [4.78, 5) is 12.9. The van der Waals surface area contributed by atoms with Crippen LogP contribution in [0.15, 0.2) is 212 Å². The number of imidazole rings is 2. The van der Waals surface area contributed by atoms with Gasteiger partial charge < -0.3 is 4.90 Å². The monoisotopic (exact) mass is 705 g/mol. The van der Waals surface area contributed by atoms with Crippen LogP contribution in [0.4, 0.5) is 17.1 Å². The van der Waals surface area contributed by atoms with E-state index in [-0.39, 0.29) is 0 Å². The van der Waals surface area contributed by atoms with Crippen LogP contribution in [0.3, 0.4) is 0 Å². The fraction of sp³-hybridized carbons (Fsp3) is 0. The van der Waals surface area contributed by atoms with E-state index in [4.69, 9.17) is 9.97 Å². The van der Waals surface area contributed by atoms with Crippen LogP contribution in [0.25, 0.3) is 67.3 Å². The molecule has 0 amide bonds. The van der Waals surface area contributed by atoms with Crippen LogP contribution in [-0.4, -0.2) is 19.1 Å². The molecule has 0 spiro atoms. The molecule has 10 rings (SSSR count). The number of hydrogen-bond donors (Lipinski definition) is 0. The smallest absolute Gasteiger partial charge is 0.146 e. The molecule has 10 aromatic rings. The Morgan fingerprint density at radius 3 is 1.29 bits per heavy atom. The molecular formula is C50H35N5. The predicted molar refractivity (Wildman–Crippen MR) is 227 cm³/mol. The van der Waals surface area contributed by atoms with Crippen molar-refractivity contribution in [1.82, 2.24) is 19.1 Å². The van der Waals surface area contributed by atoms with Gasteiger partial charge in [-0.1, -0.05) is 121 Å². The summed E-state index contributed by atoms with van der Waals surface area (Å²) in [6, 6.07) is 74.3. The van der Waals surface area contributed by atoms with Crippen LogP contribution < -0.4 is 4.90 Å². The average Bonchev–Trinajstić information content (AvgIpc) is 3.85. The third-order valence-corrected chi connectivity index (χ3v) is 10.1. The number of anilines is 3. The van der Waals surface area contributed by atoms with Gasteiger partial charge in [-0.25, -0.2) is 9.97 Å². The standard InChI is InChI=1S/C50H35N5/c1-5-17-38(18-6-1)53(39-19-7-2-8-20-39)42-32-29-36(30-33-42)43-34-31-37(49-51-45-25-13-15-27-47(45)54(49)40-21-9-3-10-22-40)35-44(43)50-52-46-26-14-16-28-48(46)55(50)41-23-11-4-12-24-41/h1-35H. The van der Waals surface area contributed by atoms with Gasteiger partial charge in [-0.15, -0.1) is 0 Å². The van der Waals surface area contributed by atoms with Crippen LogP contribution in [0.2, 0.25) is 0 Å². The zero-order valence-electron chi connectivity index (χ0n) is 29.9. The van der Waals surface area contributed by atoms with Gasteiger partial charge in [0, 0.05) is 39.6 Å². The first-order valence-corrected chi connectivity index (χ1v) is 18.5. The number of fused-ring (bicyclic) bond motifs is 2. The second-order valence-corrected chi connectivity index (χ2v) is 13.5. The molecule has 0 aliphatic rings. The van der Waals surface area contributed by atoms with E-state index in [1.165, 1.54) is 0 Å². The second-order valence-electron chi connectivity index (χ2n) is 13.5. The highest BCUT2D eigenvalue weighted by molar-refractivity contribution is 5.92. The summed E-state index contributed by atoms with van der Waals surface area (Å²) < 4.78 is 4.53. The molecule has 2 aromatic heterocycles. The second kappa shape index (κ2) is 13.8. The Bertz CT molecular complexity index is 2860. The maximum Gasteiger partial charge on any atom is 0.146 e. The van der Waals surface area contributed by atoms with Crippen LogP contribution in [-0.2, 0) is 0 Å². The molecule has 2 heterocycles. The molecule has 0 aliphatic heterocycles. The lowest BCUT2D eigenvalue weighted by atomic mass is 9.96. The van der Waals surface area contributed by atoms with E-state index < -0.39 is 0 Å². The van der Waals surface area contributed by atoms with Crippen molar-refractivity contribution in [1.29, 1.82) is 0 Å². The molecule has 5 heteroatoms. The lowest BCUT2D eigenvalue weighted by Gasteiger charge is -2.25. The summed E-state index contributed by atoms with van der Waals surface area (Å²) >= 11 is 0. The Hall–Kier alpha value is -7.50. The van der Waals surface area contributed by atoms with Crippen molar-refractivity contribution < 1.29 is 0 Å². The normalized spacial score (nSPS) is 11.3. The Kier molecular flexibility index (Phi) is 8.08. The molecule has 0 bridgehead atoms. The minimum Gasteiger partial charge on any atom is -0.311 e. The largest absolute Gasteiger partial charge is 0.311 e. The maximum absolute atomic E-state index is 5.36. The van der Waals surface area contributed by atoms with Crippen molar-refractivity contribution in [2.45, 2.75) is 0 Å². The first kappa shape index (κ1) is 32.2. The zero-order chi connectivity index (χ0) is 36.6. The van der Waals surface area contributed by atoms with E-state index in [1.54, 1.807) is 0 Å². The molecule has 0 aliphatic carbocycles. The summed E-state index contributed by atoms with van der Waals surface area (Å²) in [5, 5.41) is 0. The Balaban J connectivity index is 1.19. The highest BCUT2D eigenvalue weighted by Gasteiger charge is 2.22. The first-order valence-electron chi connectivity index (χ1n) is 18.5. The Labute approximate surface area is 319 Å². The zero-order valence-corrected chi connectivity index (χ0v) is 29.9. The Morgan fingerprint density at radius 1 is 0.327 bits per heavy atom. The van der Waals surface area contributed by atoms with Crippen molar-refractivity contribution in [3.63, 3.8) is 0 Å². The highest BCUT2D eigenvalue weighted by atomic mass is 15.1. The highest BCUT2D eigenvalue weighted by Crippen LogP contribution is 2.41. The number of rotatable bonds is 8. The molecule has 5 nitrogen and oxygen atoms in total. The number of benzene rings is 8. The molecule has 260 valence electrons. The lowest BCUT2D eigenvalue weighted by Crippen LogP contribution is -2.09. The van der Waals surface area contributed by atoms with Crippen molar-refractivity contribution in [3.8, 4) is 45.3 Å². The summed E-state index contributed by atoms with van der Waals surface area (Å²) in [6.07, 6.45) is 0. The third kappa shape index (κ3) is 5.85. The number of aromatic nitrogens is 4. The molecule has 0 radical (unpaired) electrons. The van der Waals surface area contributed by atoms with Gasteiger partial charge in [-0.2, -0.15) is 0 Å². The van der Waals surface area contributed by atoms with Gasteiger partial charge in [0.25, 0.3) is 0 Å². The number of nitrogens with zero attached hydrogens (tertiary/aromatic N) is 5. The van der Waals surface area contributed by atoms with Crippen LogP contribution in [0.5, 0.6) is 0 Å². The van der Waals surface area contributed by atoms with Crippen LogP contribution in [0.1, 0.15) is 0 Å². The van der Waals surface area contributed by atoms with Crippen molar-refractivity contribution in [2.75, 3.05) is 4.90 Å². The van der Waals surface area contributed by atoms with Gasteiger partial charge in [0.1, 0.15) is 11.6 Å². The fourth-order valence-corrected chi connectivity index (χ4v) is 7.61. The molecule has 0 atom stereocenters. The summed E-state index contributed by atoms with van der Waals surface area (Å²) in [7, 11) is 0. The average molecular weight is 706 g/mol. The van der Waals surface area contributed by atoms with E-state index in [2.05, 4.69) is 214 Å². The van der Waals surface area contributed by atoms with Gasteiger partial charge in [-0.3, -0.25) is 9.13 Å². The Morgan fingerprint density at radius 2 is 0.745 bits per heavy atom. The van der Waals surface area contributed by atoms with Crippen LogP contribution in [0, 0.1) is 0 Å². The van der Waals surface area contributed by atoms with Crippen molar-refractivity contribution >= 4 is 39.1 Å². The van der Waals surface area contributed by atoms with Gasteiger partial charge in [0.05, 0.1) is 22.1 Å². The molecule has 0 unspecified atom stereocenters. The van der Waals surface area contributed by atoms with Gasteiger partial charge in [-0.05, 0) is 102 Å². The van der Waals surface area contributed by atoms with Gasteiger partial charge >= 0.3 is 0 Å². The predicted octanol–water partition coefficient (Wildman–Crippen LogP) is 12.8. The molecule has 0 fully saturated rings. The van der Waals surface area contributed by atoms with Crippen molar-refractivity contribution in [2.24, 2.45) is 0 Å². The SMILES string of the molecule is c1ccc(N(c2ccccc2)c2ccc(-c3ccc(-c4nc5ccccc5n4-c4ccccc4)cc3-c3nc4ccccc4n3-c3ccccc3)cc2)cc1. The maximum atomic E-state index is 5.36. The van der Waals surface area contributed by atoms with E-state index in [0.29, 0.717) is 0 Å². The number of para-hydroxylation sites is 8. The quantitative estimate of drug-likeness (QED) is 0.158. The third-order valence-electron chi connectivity index (χ3n) is 10.1. The number of hydrogen-bond acceptors (Lipinski definition) is 3. The minimum absolute atomic E-state index is 0.867. The van der Waals surface area contributed by atoms with E-state index in [1.807, 2.05) is 12.1 Å². The molecule has 55 heavy (non-hydrogen) atoms. The van der Waals surface area contributed by atoms with E-state index in [0.717, 1.165) is 84.4 Å². The fourth-order valence-electron chi connectivity index (χ4n) is 7.61. The summed E-state index contributed by atoms with van der Waals surface area (Å²) in [6.45, 7) is 0. The van der Waals surface area contributed by atoms with E-state index in [9.17, 15) is 0 Å². The lowest BCUT2D eigenvalue weighted by molar-refractivity contribution is 1.09. The first-order chi connectivity index (χ1) is 27.3. The topological polar surface area (TPSA) is 38.9 Å². The molecule has 0 N–H and O–H groups in total. The molecule has 0 saturated heterocycles. The molecule has 8 aromatic carbocycles. The minimum atomic E-state index is 0.867. The summed E-state index contributed by atoms with van der Waals surface area (Å²) in [5.74, 6) is 1.74. The van der Waals surface area contributed by atoms with Crippen molar-refractivity contribution in [3.05, 3.63) is 212 Å². The van der Waals surface area contributed by atoms with E-state index >= 15 is 0 Å². The van der Waals surface area contributed by atoms with Gasteiger partial charge in [0.2, 0.25) is 0 Å². The van der Waals surface area contributed by atoms with Crippen LogP contribution >= 0.6 is 0 Å².